The molecule has 2 saturated heterocycles. The van der Waals surface area contributed by atoms with Crippen molar-refractivity contribution in [1.82, 2.24) is 10.2 Å². The molecule has 19 heavy (non-hydrogen) atoms. The van der Waals surface area contributed by atoms with Gasteiger partial charge in [-0.3, -0.25) is 4.90 Å². The quantitative estimate of drug-likeness (QED) is 0.829. The van der Waals surface area contributed by atoms with Crippen LogP contribution in [-0.4, -0.2) is 49.8 Å². The molecule has 0 radical (unpaired) electrons. The molecule has 2 heterocycles. The van der Waals surface area contributed by atoms with Crippen molar-refractivity contribution >= 4 is 0 Å². The summed E-state index contributed by atoms with van der Waals surface area (Å²) < 4.78 is 5.73. The van der Waals surface area contributed by atoms with E-state index in [0.717, 1.165) is 31.7 Å². The molecule has 3 heteroatoms. The van der Waals surface area contributed by atoms with E-state index in [1.54, 1.807) is 0 Å². The van der Waals surface area contributed by atoms with E-state index in [0.29, 0.717) is 12.0 Å². The maximum absolute atomic E-state index is 5.73. The van der Waals surface area contributed by atoms with Gasteiger partial charge in [0.2, 0.25) is 0 Å². The average Bonchev–Trinajstić information content (AvgIpc) is 2.42. The van der Waals surface area contributed by atoms with E-state index in [4.69, 9.17) is 4.74 Å². The Morgan fingerprint density at radius 2 is 2.05 bits per heavy atom. The number of hydrogen-bond acceptors (Lipinski definition) is 3. The van der Waals surface area contributed by atoms with Crippen LogP contribution >= 0.6 is 0 Å². The number of nitrogens with one attached hydrogen (secondary N) is 1. The molecule has 4 unspecified atom stereocenters. The number of likely N-dealkylation sites (tertiary alicyclic amines) is 1. The first kappa shape index (κ1) is 15.3. The van der Waals surface area contributed by atoms with Crippen LogP contribution in [0, 0.1) is 11.8 Å². The number of piperidine rings is 1. The first-order valence-corrected chi connectivity index (χ1v) is 8.25. The molecule has 0 spiro atoms. The SMILES string of the molecule is CCCNC1CCOCC1CN1CC(C)CCC1C. The lowest BCUT2D eigenvalue weighted by atomic mass is 9.90. The van der Waals surface area contributed by atoms with Gasteiger partial charge >= 0.3 is 0 Å². The molecule has 0 aliphatic carbocycles. The highest BCUT2D eigenvalue weighted by Crippen LogP contribution is 2.24. The molecule has 0 aromatic heterocycles. The van der Waals surface area contributed by atoms with Gasteiger partial charge in [0, 0.05) is 37.7 Å². The van der Waals surface area contributed by atoms with Gasteiger partial charge in [-0.2, -0.15) is 0 Å². The van der Waals surface area contributed by atoms with Gasteiger partial charge in [-0.1, -0.05) is 13.8 Å². The van der Waals surface area contributed by atoms with Crippen molar-refractivity contribution in [1.29, 1.82) is 0 Å². The Balaban J connectivity index is 1.87. The number of nitrogens with zero attached hydrogens (tertiary/aromatic N) is 1. The molecule has 2 aliphatic heterocycles. The second-order valence-corrected chi connectivity index (χ2v) is 6.67. The van der Waals surface area contributed by atoms with Crippen molar-refractivity contribution in [2.45, 2.75) is 58.5 Å². The normalized spacial score (nSPS) is 37.4. The minimum Gasteiger partial charge on any atom is -0.381 e. The van der Waals surface area contributed by atoms with E-state index in [-0.39, 0.29) is 0 Å². The monoisotopic (exact) mass is 268 g/mol. The van der Waals surface area contributed by atoms with Gasteiger partial charge in [-0.05, 0) is 45.1 Å². The van der Waals surface area contributed by atoms with Gasteiger partial charge in [0.05, 0.1) is 6.61 Å². The fourth-order valence-electron chi connectivity index (χ4n) is 3.51. The minimum atomic E-state index is 0.665. The Labute approximate surface area is 119 Å². The molecule has 0 saturated carbocycles. The zero-order valence-electron chi connectivity index (χ0n) is 13.0. The predicted molar refractivity (Wildman–Crippen MR) is 80.4 cm³/mol. The van der Waals surface area contributed by atoms with Crippen molar-refractivity contribution in [3.05, 3.63) is 0 Å². The van der Waals surface area contributed by atoms with Crippen LogP contribution in [0.4, 0.5) is 0 Å². The van der Waals surface area contributed by atoms with Crippen LogP contribution < -0.4 is 5.32 Å². The summed E-state index contributed by atoms with van der Waals surface area (Å²) in [7, 11) is 0. The lowest BCUT2D eigenvalue weighted by molar-refractivity contribution is 0.00178. The Hall–Kier alpha value is -0.120. The Bertz CT molecular complexity index is 259. The van der Waals surface area contributed by atoms with Crippen LogP contribution in [-0.2, 0) is 4.74 Å². The third-order valence-corrected chi connectivity index (χ3v) is 4.85. The fourth-order valence-corrected chi connectivity index (χ4v) is 3.51. The van der Waals surface area contributed by atoms with Gasteiger partial charge < -0.3 is 10.1 Å². The van der Waals surface area contributed by atoms with Crippen molar-refractivity contribution in [3.8, 4) is 0 Å². The van der Waals surface area contributed by atoms with Crippen molar-refractivity contribution < 1.29 is 4.74 Å². The molecule has 2 aliphatic rings. The Morgan fingerprint density at radius 3 is 2.84 bits per heavy atom. The summed E-state index contributed by atoms with van der Waals surface area (Å²) in [6.07, 6.45) is 5.17. The summed E-state index contributed by atoms with van der Waals surface area (Å²) in [5.41, 5.74) is 0. The largest absolute Gasteiger partial charge is 0.381 e. The van der Waals surface area contributed by atoms with E-state index < -0.39 is 0 Å². The van der Waals surface area contributed by atoms with Gasteiger partial charge in [0.1, 0.15) is 0 Å². The molecule has 112 valence electrons. The molecule has 0 aromatic rings. The van der Waals surface area contributed by atoms with E-state index >= 15 is 0 Å². The van der Waals surface area contributed by atoms with Crippen LogP contribution in [0.2, 0.25) is 0 Å². The third-order valence-electron chi connectivity index (χ3n) is 4.85. The summed E-state index contributed by atoms with van der Waals surface area (Å²) in [6, 6.07) is 1.42. The molecule has 2 rings (SSSR count). The maximum Gasteiger partial charge on any atom is 0.0521 e. The first-order valence-electron chi connectivity index (χ1n) is 8.25. The molecule has 4 atom stereocenters. The van der Waals surface area contributed by atoms with Crippen molar-refractivity contribution in [3.63, 3.8) is 0 Å². The highest BCUT2D eigenvalue weighted by atomic mass is 16.5. The maximum atomic E-state index is 5.73. The zero-order chi connectivity index (χ0) is 13.7. The Kier molecular flexibility index (Phi) is 6.11. The van der Waals surface area contributed by atoms with E-state index in [9.17, 15) is 0 Å². The van der Waals surface area contributed by atoms with E-state index in [2.05, 4.69) is 31.0 Å². The van der Waals surface area contributed by atoms with E-state index in [1.807, 2.05) is 0 Å². The summed E-state index contributed by atoms with van der Waals surface area (Å²) in [4.78, 5) is 2.70. The van der Waals surface area contributed by atoms with Crippen LogP contribution in [0.5, 0.6) is 0 Å². The summed E-state index contributed by atoms with van der Waals surface area (Å²) in [6.45, 7) is 12.5. The second kappa shape index (κ2) is 7.61. The molecular weight excluding hydrogens is 236 g/mol. The van der Waals surface area contributed by atoms with Gasteiger partial charge in [0.15, 0.2) is 0 Å². The van der Waals surface area contributed by atoms with Crippen molar-refractivity contribution in [2.75, 3.05) is 32.8 Å². The Morgan fingerprint density at radius 1 is 1.21 bits per heavy atom. The van der Waals surface area contributed by atoms with Crippen LogP contribution in [0.1, 0.15) is 46.5 Å². The third kappa shape index (κ3) is 4.44. The van der Waals surface area contributed by atoms with Crippen molar-refractivity contribution in [2.24, 2.45) is 11.8 Å². The smallest absolute Gasteiger partial charge is 0.0521 e. The molecule has 1 N–H and O–H groups in total. The summed E-state index contributed by atoms with van der Waals surface area (Å²) >= 11 is 0. The fraction of sp³-hybridized carbons (Fsp3) is 1.00. The molecule has 2 fully saturated rings. The van der Waals surface area contributed by atoms with Crippen LogP contribution in [0.25, 0.3) is 0 Å². The highest BCUT2D eigenvalue weighted by Gasteiger charge is 2.30. The highest BCUT2D eigenvalue weighted by molar-refractivity contribution is 4.85. The minimum absolute atomic E-state index is 0.665. The lowest BCUT2D eigenvalue weighted by Gasteiger charge is -2.42. The molecule has 0 aromatic carbocycles. The number of rotatable bonds is 5. The van der Waals surface area contributed by atoms with Crippen LogP contribution in [0.3, 0.4) is 0 Å². The van der Waals surface area contributed by atoms with Gasteiger partial charge in [0.25, 0.3) is 0 Å². The second-order valence-electron chi connectivity index (χ2n) is 6.67. The average molecular weight is 268 g/mol. The zero-order valence-corrected chi connectivity index (χ0v) is 13.0. The molecular formula is C16H32N2O. The molecule has 3 nitrogen and oxygen atoms in total. The number of ether oxygens (including phenoxy) is 1. The first-order chi connectivity index (χ1) is 9.20. The standard InChI is InChI=1S/C16H32N2O/c1-4-8-17-16-7-9-19-12-15(16)11-18-10-13(2)5-6-14(18)3/h13-17H,4-12H2,1-3H3. The van der Waals surface area contributed by atoms with Gasteiger partial charge in [-0.25, -0.2) is 0 Å². The topological polar surface area (TPSA) is 24.5 Å². The lowest BCUT2D eigenvalue weighted by Crippen LogP contribution is -2.51. The van der Waals surface area contributed by atoms with Crippen LogP contribution in [0.15, 0.2) is 0 Å². The summed E-state index contributed by atoms with van der Waals surface area (Å²) in [5.74, 6) is 1.54. The predicted octanol–water partition coefficient (Wildman–Crippen LogP) is 2.51. The number of hydrogen-bond donors (Lipinski definition) is 1. The van der Waals surface area contributed by atoms with E-state index in [1.165, 1.54) is 38.8 Å². The molecule has 0 amide bonds. The molecule has 0 bridgehead atoms. The summed E-state index contributed by atoms with van der Waals surface area (Å²) in [5, 5.41) is 3.73. The van der Waals surface area contributed by atoms with Gasteiger partial charge in [-0.15, -0.1) is 0 Å².